The summed E-state index contributed by atoms with van der Waals surface area (Å²) in [7, 11) is -4.24. The highest BCUT2D eigenvalue weighted by Gasteiger charge is 2.29. The van der Waals surface area contributed by atoms with Gasteiger partial charge in [-0.25, -0.2) is 18.0 Å². The zero-order valence-electron chi connectivity index (χ0n) is 10.2. The van der Waals surface area contributed by atoms with Crippen LogP contribution >= 0.6 is 0 Å². The van der Waals surface area contributed by atoms with E-state index in [0.29, 0.717) is 0 Å². The third kappa shape index (κ3) is 1.83. The van der Waals surface area contributed by atoms with E-state index < -0.39 is 22.0 Å². The Bertz CT molecular complexity index is 954. The van der Waals surface area contributed by atoms with Crippen LogP contribution in [0.2, 0.25) is 0 Å². The van der Waals surface area contributed by atoms with Crippen molar-refractivity contribution in [2.24, 2.45) is 4.52 Å². The second-order valence-corrected chi connectivity index (χ2v) is 5.72. The van der Waals surface area contributed by atoms with E-state index in [1.54, 1.807) is 0 Å². The average Bonchev–Trinajstić information content (AvgIpc) is 2.44. The van der Waals surface area contributed by atoms with Crippen molar-refractivity contribution in [1.82, 2.24) is 0 Å². The molecule has 0 N–H and O–H groups in total. The number of hydrogen-bond donors (Lipinski definition) is 0. The lowest BCUT2D eigenvalue weighted by Crippen LogP contribution is -2.20. The summed E-state index contributed by atoms with van der Waals surface area (Å²) in [4.78, 5) is 25.4. The monoisotopic (exact) mass is 303 g/mol. The molecule has 3 rings (SSSR count). The van der Waals surface area contributed by atoms with Gasteiger partial charge < -0.3 is 4.74 Å². The number of nitrogens with zero attached hydrogens (tertiary/aromatic N) is 3. The van der Waals surface area contributed by atoms with Gasteiger partial charge in [-0.05, 0) is 23.7 Å². The lowest BCUT2D eigenvalue weighted by atomic mass is 9.97. The van der Waals surface area contributed by atoms with Crippen LogP contribution in [0.3, 0.4) is 0 Å². The second-order valence-electron chi connectivity index (χ2n) is 4.16. The molecule has 1 aliphatic heterocycles. The second kappa shape index (κ2) is 4.30. The Morgan fingerprint density at radius 1 is 1.05 bits per heavy atom. The Morgan fingerprint density at radius 2 is 1.71 bits per heavy atom. The molecule has 2 aromatic rings. The first-order valence-corrected chi connectivity index (χ1v) is 7.03. The van der Waals surface area contributed by atoms with Crippen molar-refractivity contribution in [3.63, 3.8) is 0 Å². The molecule has 21 heavy (non-hydrogen) atoms. The average molecular weight is 303 g/mol. The van der Waals surface area contributed by atoms with Crippen molar-refractivity contribution in [3.8, 4) is 0 Å². The lowest BCUT2D eigenvalue weighted by Gasteiger charge is -2.16. The number of cyclic esters (lactones) is 2. The maximum atomic E-state index is 11.9. The largest absolute Gasteiger partial charge is 0.386 e. The molecule has 9 heteroatoms. The highest BCUT2D eigenvalue weighted by atomic mass is 32.2. The molecule has 0 spiro atoms. The molecule has 1 heterocycles. The van der Waals surface area contributed by atoms with Gasteiger partial charge in [0, 0.05) is 20.2 Å². The molecule has 0 aliphatic carbocycles. The van der Waals surface area contributed by atoms with E-state index >= 15 is 0 Å². The summed E-state index contributed by atoms with van der Waals surface area (Å²) in [5.74, 6) is -1.70. The first kappa shape index (κ1) is 13.1. The van der Waals surface area contributed by atoms with Crippen molar-refractivity contribution in [2.45, 2.75) is 4.90 Å². The molecule has 1 aliphatic rings. The predicted molar refractivity (Wildman–Crippen MR) is 70.0 cm³/mol. The van der Waals surface area contributed by atoms with Gasteiger partial charge in [-0.1, -0.05) is 12.1 Å². The fourth-order valence-electron chi connectivity index (χ4n) is 2.23. The van der Waals surface area contributed by atoms with Gasteiger partial charge in [-0.15, -0.1) is 0 Å². The van der Waals surface area contributed by atoms with Gasteiger partial charge in [-0.2, -0.15) is 0 Å². The van der Waals surface area contributed by atoms with Crippen molar-refractivity contribution in [2.75, 3.05) is 0 Å². The van der Waals surface area contributed by atoms with Crippen LogP contribution in [-0.4, -0.2) is 20.4 Å². The van der Waals surface area contributed by atoms with Crippen LogP contribution in [-0.2, 0) is 14.8 Å². The van der Waals surface area contributed by atoms with E-state index in [4.69, 9.17) is 5.53 Å². The van der Waals surface area contributed by atoms with Gasteiger partial charge in [0.1, 0.15) is 0 Å². The standard InChI is InChI=1S/C12H5N3O5S/c13-14-15-21(18,19)9-5-4-8-10-6(9)2-1-3-7(10)11(16)20-12(8)17/h1-5H. The van der Waals surface area contributed by atoms with Gasteiger partial charge in [0.25, 0.3) is 10.0 Å². The Morgan fingerprint density at radius 3 is 2.38 bits per heavy atom. The minimum Gasteiger partial charge on any atom is -0.386 e. The topological polar surface area (TPSA) is 126 Å². The number of carbonyl (C=O) groups excluding carboxylic acids is 2. The summed E-state index contributed by atoms with van der Waals surface area (Å²) in [6.45, 7) is 0. The zero-order valence-corrected chi connectivity index (χ0v) is 11.0. The molecule has 8 nitrogen and oxygen atoms in total. The summed E-state index contributed by atoms with van der Waals surface area (Å²) >= 11 is 0. The van der Waals surface area contributed by atoms with Crippen LogP contribution < -0.4 is 0 Å². The van der Waals surface area contributed by atoms with Gasteiger partial charge in [0.15, 0.2) is 0 Å². The molecular formula is C12H5N3O5S. The quantitative estimate of drug-likeness (QED) is 0.276. The molecule has 104 valence electrons. The fourth-order valence-corrected chi connectivity index (χ4v) is 3.10. The highest BCUT2D eigenvalue weighted by molar-refractivity contribution is 7.90. The smallest absolute Gasteiger partial charge is 0.346 e. The fraction of sp³-hybridized carbons (Fsp3) is 0. The molecule has 0 radical (unpaired) electrons. The Hall–Kier alpha value is -2.90. The number of sulfonamides is 1. The molecule has 0 unspecified atom stereocenters. The molecule has 0 fully saturated rings. The molecule has 2 aromatic carbocycles. The first-order valence-electron chi connectivity index (χ1n) is 5.59. The SMILES string of the molecule is [N-]=[N+]=NS(=O)(=O)c1ccc2c3c(cccc13)C(=O)OC2=O. The molecule has 0 atom stereocenters. The lowest BCUT2D eigenvalue weighted by molar-refractivity contribution is 0.0391. The van der Waals surface area contributed by atoms with Gasteiger partial charge in [0.2, 0.25) is 0 Å². The van der Waals surface area contributed by atoms with Crippen molar-refractivity contribution in [3.05, 3.63) is 51.9 Å². The maximum Gasteiger partial charge on any atom is 0.346 e. The van der Waals surface area contributed by atoms with Crippen molar-refractivity contribution < 1.29 is 22.7 Å². The number of hydrogen-bond acceptors (Lipinski definition) is 5. The summed E-state index contributed by atoms with van der Waals surface area (Å²) in [5, 5.41) is 0.301. The zero-order chi connectivity index (χ0) is 15.2. The maximum absolute atomic E-state index is 11.9. The minimum atomic E-state index is -4.24. The molecule has 0 amide bonds. The van der Waals surface area contributed by atoms with E-state index in [-0.39, 0.29) is 26.8 Å². The molecule has 0 bridgehead atoms. The van der Waals surface area contributed by atoms with Crippen molar-refractivity contribution in [1.29, 1.82) is 0 Å². The van der Waals surface area contributed by atoms with E-state index in [2.05, 4.69) is 14.2 Å². The number of benzene rings is 2. The summed E-state index contributed by atoms with van der Waals surface area (Å²) in [6, 6.07) is 6.66. The number of esters is 2. The molecule has 0 saturated heterocycles. The van der Waals surface area contributed by atoms with Crippen LogP contribution in [0.15, 0.2) is 39.7 Å². The minimum absolute atomic E-state index is 0.0834. The number of rotatable bonds is 2. The number of carbonyl (C=O) groups is 2. The van der Waals surface area contributed by atoms with Crippen LogP contribution in [0.1, 0.15) is 20.7 Å². The van der Waals surface area contributed by atoms with Crippen LogP contribution in [0.4, 0.5) is 0 Å². The van der Waals surface area contributed by atoms with Crippen LogP contribution in [0.25, 0.3) is 21.2 Å². The van der Waals surface area contributed by atoms with Crippen molar-refractivity contribution >= 4 is 32.7 Å². The molecular weight excluding hydrogens is 298 g/mol. The highest BCUT2D eigenvalue weighted by Crippen LogP contribution is 2.33. The Balaban J connectivity index is 2.51. The Kier molecular flexibility index (Phi) is 2.68. The number of ether oxygens (including phenoxy) is 1. The normalized spacial score (nSPS) is 13.7. The van der Waals surface area contributed by atoms with E-state index in [9.17, 15) is 18.0 Å². The third-order valence-corrected chi connectivity index (χ3v) is 4.25. The molecule has 0 aromatic heterocycles. The summed E-state index contributed by atoms with van der Waals surface area (Å²) in [5.41, 5.74) is 8.50. The predicted octanol–water partition coefficient (Wildman–Crippen LogP) is 2.15. The van der Waals surface area contributed by atoms with Crippen LogP contribution in [0, 0.1) is 0 Å². The van der Waals surface area contributed by atoms with Gasteiger partial charge >= 0.3 is 11.9 Å². The van der Waals surface area contributed by atoms with E-state index in [1.807, 2.05) is 0 Å². The first-order chi connectivity index (χ1) is 9.95. The molecule has 0 saturated carbocycles. The van der Waals surface area contributed by atoms with E-state index in [0.717, 1.165) is 6.07 Å². The van der Waals surface area contributed by atoms with Crippen LogP contribution in [0.5, 0.6) is 0 Å². The van der Waals surface area contributed by atoms with E-state index in [1.165, 1.54) is 24.3 Å². The third-order valence-electron chi connectivity index (χ3n) is 3.05. The summed E-state index contributed by atoms with van der Waals surface area (Å²) in [6.07, 6.45) is 0. The van der Waals surface area contributed by atoms with Gasteiger partial charge in [0.05, 0.1) is 16.0 Å². The number of azide groups is 1. The summed E-state index contributed by atoms with van der Waals surface area (Å²) < 4.78 is 31.2. The van der Waals surface area contributed by atoms with Gasteiger partial charge in [-0.3, -0.25) is 0 Å². The Labute approximate surface area is 117 Å².